The Morgan fingerprint density at radius 1 is 1.40 bits per heavy atom. The van der Waals surface area contributed by atoms with Crippen LogP contribution in [0, 0.1) is 0 Å². The highest BCUT2D eigenvalue weighted by atomic mass is 16.5. The van der Waals surface area contributed by atoms with Crippen LogP contribution in [0.2, 0.25) is 0 Å². The molecule has 1 aromatic rings. The summed E-state index contributed by atoms with van der Waals surface area (Å²) in [6, 6.07) is 6.87. The van der Waals surface area contributed by atoms with Gasteiger partial charge in [-0.2, -0.15) is 0 Å². The second kappa shape index (κ2) is 4.31. The number of hydrogen-bond acceptors (Lipinski definition) is 3. The molecule has 1 amide bonds. The van der Waals surface area contributed by atoms with Crippen LogP contribution >= 0.6 is 0 Å². The topological polar surface area (TPSA) is 72.6 Å². The van der Waals surface area contributed by atoms with Gasteiger partial charge in [0.2, 0.25) is 0 Å². The van der Waals surface area contributed by atoms with Gasteiger partial charge in [0.1, 0.15) is 5.75 Å². The third-order valence-corrected chi connectivity index (χ3v) is 1.94. The molecule has 4 nitrogen and oxygen atoms in total. The lowest BCUT2D eigenvalue weighted by Crippen LogP contribution is -2.20. The smallest absolute Gasteiger partial charge is 0.255 e. The number of hydrogen-bond donors (Lipinski definition) is 2. The van der Waals surface area contributed by atoms with Crippen LogP contribution < -0.4 is 10.5 Å². The largest absolute Gasteiger partial charge is 0.484 e. The molecule has 82 valence electrons. The van der Waals surface area contributed by atoms with Gasteiger partial charge in [-0.15, -0.1) is 0 Å². The van der Waals surface area contributed by atoms with Crippen LogP contribution in [0.15, 0.2) is 24.3 Å². The normalized spacial score (nSPS) is 11.1. The van der Waals surface area contributed by atoms with E-state index in [1.54, 1.807) is 38.1 Å². The van der Waals surface area contributed by atoms with Crippen molar-refractivity contribution in [2.45, 2.75) is 19.4 Å². The van der Waals surface area contributed by atoms with E-state index in [0.717, 1.165) is 5.56 Å². The molecule has 0 aliphatic carbocycles. The Morgan fingerprint density at radius 3 is 2.33 bits per heavy atom. The van der Waals surface area contributed by atoms with Gasteiger partial charge in [0.05, 0.1) is 5.60 Å². The molecule has 1 aromatic carbocycles. The summed E-state index contributed by atoms with van der Waals surface area (Å²) in [7, 11) is 0. The van der Waals surface area contributed by atoms with Crippen molar-refractivity contribution in [3.63, 3.8) is 0 Å². The van der Waals surface area contributed by atoms with E-state index in [1.807, 2.05) is 0 Å². The van der Waals surface area contributed by atoms with E-state index < -0.39 is 11.5 Å². The average Bonchev–Trinajstić information content (AvgIpc) is 2.14. The minimum Gasteiger partial charge on any atom is -0.484 e. The van der Waals surface area contributed by atoms with Crippen LogP contribution in [0.4, 0.5) is 0 Å². The predicted octanol–water partition coefficient (Wildman–Crippen LogP) is 0.778. The Balaban J connectivity index is 2.69. The lowest BCUT2D eigenvalue weighted by molar-refractivity contribution is -0.119. The Kier molecular flexibility index (Phi) is 3.31. The second-order valence-electron chi connectivity index (χ2n) is 3.84. The van der Waals surface area contributed by atoms with Gasteiger partial charge in [-0.25, -0.2) is 0 Å². The molecule has 0 fully saturated rings. The van der Waals surface area contributed by atoms with Crippen molar-refractivity contribution in [3.8, 4) is 5.75 Å². The SMILES string of the molecule is CC(C)(O)c1ccc(OCC(N)=O)cc1. The zero-order valence-corrected chi connectivity index (χ0v) is 8.86. The van der Waals surface area contributed by atoms with Crippen molar-refractivity contribution in [1.29, 1.82) is 0 Å². The fourth-order valence-electron chi connectivity index (χ4n) is 1.11. The average molecular weight is 209 g/mol. The number of carbonyl (C=O) groups excluding carboxylic acids is 1. The van der Waals surface area contributed by atoms with Gasteiger partial charge in [0.25, 0.3) is 5.91 Å². The summed E-state index contributed by atoms with van der Waals surface area (Å²) in [6.45, 7) is 3.26. The van der Waals surface area contributed by atoms with Crippen molar-refractivity contribution in [1.82, 2.24) is 0 Å². The minimum absolute atomic E-state index is 0.137. The Morgan fingerprint density at radius 2 is 1.93 bits per heavy atom. The molecule has 3 N–H and O–H groups in total. The van der Waals surface area contributed by atoms with Gasteiger partial charge in [-0.05, 0) is 31.5 Å². The Labute approximate surface area is 88.7 Å². The molecule has 0 aromatic heterocycles. The summed E-state index contributed by atoms with van der Waals surface area (Å²) >= 11 is 0. The molecule has 0 saturated carbocycles. The number of benzene rings is 1. The van der Waals surface area contributed by atoms with Gasteiger partial charge >= 0.3 is 0 Å². The van der Waals surface area contributed by atoms with Gasteiger partial charge < -0.3 is 15.6 Å². The fraction of sp³-hybridized carbons (Fsp3) is 0.364. The van der Waals surface area contributed by atoms with E-state index in [9.17, 15) is 9.90 Å². The first-order chi connectivity index (χ1) is 6.89. The van der Waals surface area contributed by atoms with Crippen molar-refractivity contribution in [2.24, 2.45) is 5.73 Å². The van der Waals surface area contributed by atoms with E-state index in [4.69, 9.17) is 10.5 Å². The number of rotatable bonds is 4. The number of primary amides is 1. The van der Waals surface area contributed by atoms with Crippen molar-refractivity contribution < 1.29 is 14.6 Å². The molecule has 0 spiro atoms. The number of ether oxygens (including phenoxy) is 1. The fourth-order valence-corrected chi connectivity index (χ4v) is 1.11. The van der Waals surface area contributed by atoms with Crippen molar-refractivity contribution in [3.05, 3.63) is 29.8 Å². The van der Waals surface area contributed by atoms with Gasteiger partial charge in [0.15, 0.2) is 6.61 Å². The molecule has 0 aliphatic rings. The summed E-state index contributed by atoms with van der Waals surface area (Å²) in [6.07, 6.45) is 0. The maximum absolute atomic E-state index is 10.5. The highest BCUT2D eigenvalue weighted by Gasteiger charge is 2.15. The maximum Gasteiger partial charge on any atom is 0.255 e. The molecule has 0 heterocycles. The van der Waals surface area contributed by atoms with Crippen LogP contribution in [0.1, 0.15) is 19.4 Å². The molecule has 0 radical (unpaired) electrons. The molecule has 0 atom stereocenters. The summed E-state index contributed by atoms with van der Waals surface area (Å²) in [5, 5.41) is 9.68. The zero-order valence-electron chi connectivity index (χ0n) is 8.86. The van der Waals surface area contributed by atoms with E-state index in [2.05, 4.69) is 0 Å². The van der Waals surface area contributed by atoms with Crippen molar-refractivity contribution >= 4 is 5.91 Å². The van der Waals surface area contributed by atoms with Crippen LogP contribution in [-0.2, 0) is 10.4 Å². The Bertz CT molecular complexity index is 338. The molecule has 0 unspecified atom stereocenters. The molecular weight excluding hydrogens is 194 g/mol. The maximum atomic E-state index is 10.5. The number of carbonyl (C=O) groups is 1. The minimum atomic E-state index is -0.873. The number of nitrogens with two attached hydrogens (primary N) is 1. The predicted molar refractivity (Wildman–Crippen MR) is 56.4 cm³/mol. The van der Waals surface area contributed by atoms with Gasteiger partial charge in [-0.1, -0.05) is 12.1 Å². The third kappa shape index (κ3) is 3.59. The summed E-state index contributed by atoms with van der Waals surface area (Å²) in [5.41, 5.74) is 4.85. The van der Waals surface area contributed by atoms with E-state index in [1.165, 1.54) is 0 Å². The second-order valence-corrected chi connectivity index (χ2v) is 3.84. The lowest BCUT2D eigenvalue weighted by atomic mass is 9.99. The zero-order chi connectivity index (χ0) is 11.5. The monoisotopic (exact) mass is 209 g/mol. The van der Waals surface area contributed by atoms with Gasteiger partial charge in [0, 0.05) is 0 Å². The van der Waals surface area contributed by atoms with E-state index in [-0.39, 0.29) is 6.61 Å². The molecule has 15 heavy (non-hydrogen) atoms. The molecule has 0 saturated heterocycles. The van der Waals surface area contributed by atoms with Crippen LogP contribution in [-0.4, -0.2) is 17.6 Å². The third-order valence-electron chi connectivity index (χ3n) is 1.94. The molecule has 0 aliphatic heterocycles. The van der Waals surface area contributed by atoms with E-state index in [0.29, 0.717) is 5.75 Å². The van der Waals surface area contributed by atoms with Gasteiger partial charge in [-0.3, -0.25) is 4.79 Å². The Hall–Kier alpha value is -1.55. The van der Waals surface area contributed by atoms with E-state index >= 15 is 0 Å². The first-order valence-electron chi connectivity index (χ1n) is 4.63. The first kappa shape index (κ1) is 11.5. The summed E-state index contributed by atoms with van der Waals surface area (Å²) in [5.74, 6) is 0.0448. The molecule has 1 rings (SSSR count). The molecule has 0 bridgehead atoms. The van der Waals surface area contributed by atoms with Crippen LogP contribution in [0.25, 0.3) is 0 Å². The standard InChI is InChI=1S/C11H15NO3/c1-11(2,14)8-3-5-9(6-4-8)15-7-10(12)13/h3-6,14H,7H2,1-2H3,(H2,12,13). The molecule has 4 heteroatoms. The van der Waals surface area contributed by atoms with Crippen LogP contribution in [0.5, 0.6) is 5.75 Å². The quantitative estimate of drug-likeness (QED) is 0.769. The lowest BCUT2D eigenvalue weighted by Gasteiger charge is -2.17. The first-order valence-corrected chi connectivity index (χ1v) is 4.63. The summed E-state index contributed by atoms with van der Waals surface area (Å²) < 4.78 is 5.08. The molecular formula is C11H15NO3. The van der Waals surface area contributed by atoms with Crippen molar-refractivity contribution in [2.75, 3.05) is 6.61 Å². The highest BCUT2D eigenvalue weighted by molar-refractivity contribution is 5.75. The number of amides is 1. The number of aliphatic hydroxyl groups is 1. The summed E-state index contributed by atoms with van der Waals surface area (Å²) in [4.78, 5) is 10.5. The highest BCUT2D eigenvalue weighted by Crippen LogP contribution is 2.22. The van der Waals surface area contributed by atoms with Crippen LogP contribution in [0.3, 0.4) is 0 Å².